The first-order valence-electron chi connectivity index (χ1n) is 7.56. The molecule has 2 rings (SSSR count). The number of hydrogen-bond donors (Lipinski definition) is 1. The fourth-order valence-electron chi connectivity index (χ4n) is 2.17. The average Bonchev–Trinajstić information content (AvgIpc) is 2.52. The molecule has 0 aromatic heterocycles. The molecule has 26 heavy (non-hydrogen) atoms. The predicted molar refractivity (Wildman–Crippen MR) is 96.4 cm³/mol. The first-order valence-corrected chi connectivity index (χ1v) is 10.3. The van der Waals surface area contributed by atoms with Gasteiger partial charge in [0.1, 0.15) is 0 Å². The van der Waals surface area contributed by atoms with Crippen LogP contribution in [0.15, 0.2) is 52.3 Å². The number of aryl methyl sites for hydroxylation is 1. The molecule has 0 bridgehead atoms. The van der Waals surface area contributed by atoms with Gasteiger partial charge in [-0.25, -0.2) is 0 Å². The number of alkyl halides is 3. The van der Waals surface area contributed by atoms with Crippen LogP contribution in [0.1, 0.15) is 24.5 Å². The van der Waals surface area contributed by atoms with Gasteiger partial charge in [-0.05, 0) is 55.7 Å². The van der Waals surface area contributed by atoms with Gasteiger partial charge in [-0.3, -0.25) is 4.55 Å². The van der Waals surface area contributed by atoms with E-state index in [1.165, 1.54) is 13.0 Å². The molecule has 0 heterocycles. The normalized spacial score (nSPS) is 13.6. The van der Waals surface area contributed by atoms with Gasteiger partial charge >= 0.3 is 6.18 Å². The van der Waals surface area contributed by atoms with Crippen LogP contribution in [0.5, 0.6) is 0 Å². The van der Waals surface area contributed by atoms with Gasteiger partial charge in [0.2, 0.25) is 0 Å². The van der Waals surface area contributed by atoms with Gasteiger partial charge in [-0.2, -0.15) is 21.6 Å². The Labute approximate surface area is 159 Å². The molecule has 0 radical (unpaired) electrons. The zero-order valence-electron chi connectivity index (χ0n) is 13.6. The lowest BCUT2D eigenvalue weighted by Crippen LogP contribution is -2.17. The van der Waals surface area contributed by atoms with Crippen LogP contribution in [0.25, 0.3) is 0 Å². The molecule has 2 aromatic carbocycles. The van der Waals surface area contributed by atoms with Crippen LogP contribution in [0, 0.1) is 0 Å². The Hall–Kier alpha value is -1.22. The Morgan fingerprint density at radius 2 is 1.81 bits per heavy atom. The van der Waals surface area contributed by atoms with Crippen LogP contribution in [-0.4, -0.2) is 18.2 Å². The molecule has 1 atom stereocenters. The molecule has 2 aromatic rings. The topological polar surface area (TPSA) is 54.4 Å². The van der Waals surface area contributed by atoms with Crippen LogP contribution in [0.4, 0.5) is 13.2 Å². The second-order valence-electron chi connectivity index (χ2n) is 5.75. The van der Waals surface area contributed by atoms with Crippen molar-refractivity contribution in [2.75, 3.05) is 0 Å². The fourth-order valence-corrected chi connectivity index (χ4v) is 3.85. The summed E-state index contributed by atoms with van der Waals surface area (Å²) in [5.41, 5.74) is -0.0139. The second-order valence-corrected chi connectivity index (χ2v) is 9.13. The van der Waals surface area contributed by atoms with E-state index in [1.807, 2.05) is 0 Å². The maximum atomic E-state index is 12.8. The molecule has 0 saturated carbocycles. The molecule has 1 unspecified atom stereocenters. The zero-order valence-corrected chi connectivity index (χ0v) is 16.0. The van der Waals surface area contributed by atoms with Gasteiger partial charge in [-0.1, -0.05) is 35.5 Å². The van der Waals surface area contributed by atoms with Crippen molar-refractivity contribution in [2.24, 2.45) is 0 Å². The molecule has 142 valence electrons. The van der Waals surface area contributed by atoms with Gasteiger partial charge in [0.25, 0.3) is 10.1 Å². The third-order valence-corrected chi connectivity index (χ3v) is 6.33. The van der Waals surface area contributed by atoms with Crippen LogP contribution in [-0.2, 0) is 22.7 Å². The summed E-state index contributed by atoms with van der Waals surface area (Å²) >= 11 is 7.34. The van der Waals surface area contributed by atoms with Gasteiger partial charge in [0, 0.05) is 14.8 Å². The molecular formula is C17H16ClF3O3S2. The van der Waals surface area contributed by atoms with Crippen LogP contribution >= 0.6 is 23.4 Å². The average molecular weight is 425 g/mol. The fraction of sp³-hybridized carbons (Fsp3) is 0.294. The molecule has 0 fully saturated rings. The first kappa shape index (κ1) is 21.1. The highest BCUT2D eigenvalue weighted by atomic mass is 35.5. The van der Waals surface area contributed by atoms with E-state index in [0.717, 1.165) is 23.9 Å². The molecule has 9 heteroatoms. The summed E-state index contributed by atoms with van der Waals surface area (Å²) in [5, 5.41) is -0.512. The van der Waals surface area contributed by atoms with E-state index in [9.17, 15) is 21.6 Å². The van der Waals surface area contributed by atoms with Gasteiger partial charge in [0.05, 0.1) is 10.8 Å². The number of halogens is 4. The lowest BCUT2D eigenvalue weighted by Gasteiger charge is -2.11. The van der Waals surface area contributed by atoms with Crippen molar-refractivity contribution in [3.63, 3.8) is 0 Å². The highest BCUT2D eigenvalue weighted by molar-refractivity contribution is 7.99. The molecule has 0 aliphatic carbocycles. The molecule has 3 nitrogen and oxygen atoms in total. The summed E-state index contributed by atoms with van der Waals surface area (Å²) in [7, 11) is -4.09. The minimum absolute atomic E-state index is 0.207. The molecule has 0 amide bonds. The maximum absolute atomic E-state index is 12.8. The Morgan fingerprint density at radius 1 is 1.15 bits per heavy atom. The zero-order chi connectivity index (χ0) is 19.5. The summed E-state index contributed by atoms with van der Waals surface area (Å²) in [5.74, 6) is 0. The van der Waals surface area contributed by atoms with Crippen molar-refractivity contribution < 1.29 is 26.1 Å². The van der Waals surface area contributed by atoms with E-state index in [4.69, 9.17) is 16.2 Å². The van der Waals surface area contributed by atoms with Crippen molar-refractivity contribution in [2.45, 2.75) is 41.0 Å². The largest absolute Gasteiger partial charge is 0.416 e. The third-order valence-electron chi connectivity index (χ3n) is 3.75. The standard InChI is InChI=1S/C17H16ClF3O3S2/c1-11(26(22,23)24)5-6-12-7-8-15(10-16(12)18)25-14-4-2-3-13(9-14)17(19,20)21/h2-4,7-11H,5-6H2,1H3,(H,22,23,24). The summed E-state index contributed by atoms with van der Waals surface area (Å²) in [6.45, 7) is 1.40. The van der Waals surface area contributed by atoms with Crippen molar-refractivity contribution in [3.05, 3.63) is 58.6 Å². The number of benzene rings is 2. The van der Waals surface area contributed by atoms with E-state index in [1.54, 1.807) is 24.3 Å². The first-order chi connectivity index (χ1) is 12.0. The monoisotopic (exact) mass is 424 g/mol. The number of hydrogen-bond acceptors (Lipinski definition) is 3. The molecule has 1 N–H and O–H groups in total. The maximum Gasteiger partial charge on any atom is 0.416 e. The predicted octanol–water partition coefficient (Wildman–Crippen LogP) is 5.72. The van der Waals surface area contributed by atoms with E-state index in [0.29, 0.717) is 26.8 Å². The highest BCUT2D eigenvalue weighted by Gasteiger charge is 2.30. The molecule has 0 aliphatic rings. The van der Waals surface area contributed by atoms with Crippen LogP contribution < -0.4 is 0 Å². The van der Waals surface area contributed by atoms with Crippen molar-refractivity contribution in [1.82, 2.24) is 0 Å². The van der Waals surface area contributed by atoms with Gasteiger partial charge in [-0.15, -0.1) is 0 Å². The minimum atomic E-state index is -4.40. The third kappa shape index (κ3) is 5.90. The van der Waals surface area contributed by atoms with Crippen molar-refractivity contribution >= 4 is 33.5 Å². The van der Waals surface area contributed by atoms with Crippen LogP contribution in [0.2, 0.25) is 5.02 Å². The quantitative estimate of drug-likeness (QED) is 0.602. The Kier molecular flexibility index (Phi) is 6.65. The summed E-state index contributed by atoms with van der Waals surface area (Å²) < 4.78 is 69.3. The molecule has 0 saturated heterocycles. The summed E-state index contributed by atoms with van der Waals surface area (Å²) in [6.07, 6.45) is -3.84. The van der Waals surface area contributed by atoms with Gasteiger partial charge < -0.3 is 0 Å². The van der Waals surface area contributed by atoms with E-state index >= 15 is 0 Å². The summed E-state index contributed by atoms with van der Waals surface area (Å²) in [4.78, 5) is 1.10. The summed E-state index contributed by atoms with van der Waals surface area (Å²) in [6, 6.07) is 10.0. The van der Waals surface area contributed by atoms with Gasteiger partial charge in [0.15, 0.2) is 0 Å². The van der Waals surface area contributed by atoms with E-state index < -0.39 is 27.1 Å². The second kappa shape index (κ2) is 8.21. The molecule has 0 spiro atoms. The Bertz CT molecular complexity index is 883. The smallest absolute Gasteiger partial charge is 0.285 e. The lowest BCUT2D eigenvalue weighted by atomic mass is 10.1. The van der Waals surface area contributed by atoms with E-state index in [-0.39, 0.29) is 6.42 Å². The Morgan fingerprint density at radius 3 is 2.38 bits per heavy atom. The van der Waals surface area contributed by atoms with Crippen LogP contribution in [0.3, 0.4) is 0 Å². The van der Waals surface area contributed by atoms with Crippen molar-refractivity contribution in [1.29, 1.82) is 0 Å². The number of rotatable bonds is 6. The molecular weight excluding hydrogens is 409 g/mol. The molecule has 0 aliphatic heterocycles. The van der Waals surface area contributed by atoms with E-state index in [2.05, 4.69) is 0 Å². The Balaban J connectivity index is 2.10. The minimum Gasteiger partial charge on any atom is -0.285 e. The lowest BCUT2D eigenvalue weighted by molar-refractivity contribution is -0.137. The SMILES string of the molecule is CC(CCc1ccc(Sc2cccc(C(F)(F)F)c2)cc1Cl)S(=O)(=O)O. The van der Waals surface area contributed by atoms with Crippen molar-refractivity contribution in [3.8, 4) is 0 Å². The highest BCUT2D eigenvalue weighted by Crippen LogP contribution is 2.35.